The van der Waals surface area contributed by atoms with E-state index in [0.29, 0.717) is 6.54 Å². The van der Waals surface area contributed by atoms with E-state index in [2.05, 4.69) is 90.5 Å². The van der Waals surface area contributed by atoms with Gasteiger partial charge in [-0.1, -0.05) is 66.4 Å². The van der Waals surface area contributed by atoms with Gasteiger partial charge in [0.1, 0.15) is 14.2 Å². The predicted molar refractivity (Wildman–Crippen MR) is 145 cm³/mol. The third-order valence-corrected chi connectivity index (χ3v) is 9.63. The quantitative estimate of drug-likeness (QED) is 0.371. The zero-order chi connectivity index (χ0) is 23.8. The third kappa shape index (κ3) is 4.06. The summed E-state index contributed by atoms with van der Waals surface area (Å²) < 4.78 is 5.99. The van der Waals surface area contributed by atoms with Crippen molar-refractivity contribution in [3.05, 3.63) is 95.8 Å². The molecule has 0 amide bonds. The average molecular weight is 507 g/mol. The Morgan fingerprint density at radius 3 is 2.65 bits per heavy atom. The molecule has 1 unspecified atom stereocenters. The monoisotopic (exact) mass is 506 g/mol. The summed E-state index contributed by atoms with van der Waals surface area (Å²) in [4.78, 5) is 16.9. The summed E-state index contributed by atoms with van der Waals surface area (Å²) >= 11 is 5.01. The van der Waals surface area contributed by atoms with E-state index < -0.39 is 0 Å². The van der Waals surface area contributed by atoms with Crippen LogP contribution in [-0.4, -0.2) is 11.6 Å². The lowest BCUT2D eigenvalue weighted by atomic mass is 10.1. The first kappa shape index (κ1) is 23.1. The van der Waals surface area contributed by atoms with Crippen LogP contribution < -0.4 is 24.2 Å². The first-order chi connectivity index (χ1) is 16.5. The van der Waals surface area contributed by atoms with Gasteiger partial charge >= 0.3 is 0 Å². The van der Waals surface area contributed by atoms with Crippen LogP contribution in [0.1, 0.15) is 42.9 Å². The molecule has 34 heavy (non-hydrogen) atoms. The number of nitrogens with zero attached hydrogens (tertiary/aromatic N) is 3. The van der Waals surface area contributed by atoms with Crippen LogP contribution in [0, 0.1) is 0 Å². The van der Waals surface area contributed by atoms with Crippen LogP contribution in [0.4, 0.5) is 5.69 Å². The molecule has 0 saturated carbocycles. The van der Waals surface area contributed by atoms with Gasteiger partial charge in [0.05, 0.1) is 17.1 Å². The summed E-state index contributed by atoms with van der Waals surface area (Å²) in [6, 6.07) is 17.4. The summed E-state index contributed by atoms with van der Waals surface area (Å²) in [5, 5.41) is 4.28. The van der Waals surface area contributed by atoms with Gasteiger partial charge in [0.15, 0.2) is 12.2 Å². The second kappa shape index (κ2) is 9.56. The molecule has 0 N–H and O–H groups in total. The molecule has 0 spiro atoms. The van der Waals surface area contributed by atoms with E-state index in [1.165, 1.54) is 21.7 Å². The fourth-order valence-corrected chi connectivity index (χ4v) is 7.76. The molecule has 0 aliphatic carbocycles. The van der Waals surface area contributed by atoms with Crippen molar-refractivity contribution < 1.29 is 4.57 Å². The van der Waals surface area contributed by atoms with Crippen LogP contribution in [0.2, 0.25) is 0 Å². The molecule has 1 aliphatic heterocycles. The predicted octanol–water partition coefficient (Wildman–Crippen LogP) is 4.59. The number of aryl methyl sites for hydroxylation is 1. The highest BCUT2D eigenvalue weighted by Gasteiger charge is 2.25. The number of hydrogen-bond acceptors (Lipinski definition) is 5. The maximum Gasteiger partial charge on any atom is 0.271 e. The maximum absolute atomic E-state index is 13.5. The largest absolute Gasteiger partial charge is 0.337 e. The Morgan fingerprint density at radius 2 is 1.91 bits per heavy atom. The number of fused-ring (bicyclic) bond motifs is 1. The smallest absolute Gasteiger partial charge is 0.271 e. The van der Waals surface area contributed by atoms with E-state index in [1.807, 2.05) is 17.6 Å². The van der Waals surface area contributed by atoms with Crippen LogP contribution in [0.15, 0.2) is 69.8 Å². The Labute approximate surface area is 212 Å². The van der Waals surface area contributed by atoms with Crippen molar-refractivity contribution in [1.29, 1.82) is 0 Å². The van der Waals surface area contributed by atoms with Crippen LogP contribution in [0.3, 0.4) is 0 Å². The van der Waals surface area contributed by atoms with E-state index >= 15 is 0 Å². The van der Waals surface area contributed by atoms with Gasteiger partial charge in [-0.3, -0.25) is 9.36 Å². The van der Waals surface area contributed by atoms with E-state index in [-0.39, 0.29) is 11.6 Å². The molecule has 2 aromatic carbocycles. The fraction of sp³-hybridized carbons (Fsp3) is 0.259. The molecule has 0 radical (unpaired) electrons. The van der Waals surface area contributed by atoms with Gasteiger partial charge in [-0.05, 0) is 31.0 Å². The molecule has 0 saturated heterocycles. The standard InChI is InChI=1S/C27H28N3OS3/c1-5-19-12-13-21-22(16-19)33-27(28(21)4)25-26(31)29(6-2)24(34-25)17-23-30(14-15-32-23)18(3)20-10-8-7-9-11-20/h7-18H,5-6H2,1-4H3/q+1/b27-25+. The first-order valence-corrected chi connectivity index (χ1v) is 14.1. The van der Waals surface area contributed by atoms with Crippen molar-refractivity contribution in [3.63, 3.8) is 0 Å². The first-order valence-electron chi connectivity index (χ1n) is 11.6. The number of rotatable bonds is 5. The van der Waals surface area contributed by atoms with Crippen molar-refractivity contribution in [1.82, 2.24) is 4.57 Å². The Kier molecular flexibility index (Phi) is 6.51. The minimum atomic E-state index is 0.0934. The van der Waals surface area contributed by atoms with Crippen molar-refractivity contribution >= 4 is 51.2 Å². The van der Waals surface area contributed by atoms with Crippen molar-refractivity contribution in [2.75, 3.05) is 11.9 Å². The number of benzene rings is 2. The molecule has 174 valence electrons. The molecule has 7 heteroatoms. The van der Waals surface area contributed by atoms with Gasteiger partial charge in [0.2, 0.25) is 0 Å². The molecule has 3 heterocycles. The molecule has 2 aromatic heterocycles. The lowest BCUT2D eigenvalue weighted by Gasteiger charge is -2.12. The molecule has 4 nitrogen and oxygen atoms in total. The van der Waals surface area contributed by atoms with Crippen LogP contribution >= 0.6 is 34.4 Å². The molecular formula is C27H28N3OS3+. The van der Waals surface area contributed by atoms with Crippen LogP contribution in [0.25, 0.3) is 11.1 Å². The highest BCUT2D eigenvalue weighted by Crippen LogP contribution is 2.45. The summed E-state index contributed by atoms with van der Waals surface area (Å²) in [7, 11) is 2.06. The molecular weight excluding hydrogens is 479 g/mol. The SMILES string of the molecule is CCc1ccc2c(c1)S/C(=c1/s/c(=C\c3scc[n+]3C(C)c3ccccc3)n(CC)c1=O)N2C. The second-order valence-corrected chi connectivity index (χ2v) is 11.3. The summed E-state index contributed by atoms with van der Waals surface area (Å²) in [6.45, 7) is 7.08. The Hall–Kier alpha value is -2.61. The van der Waals surface area contributed by atoms with E-state index in [4.69, 9.17) is 0 Å². The highest BCUT2D eigenvalue weighted by atomic mass is 32.2. The van der Waals surface area contributed by atoms with Crippen molar-refractivity contribution in [2.45, 2.75) is 44.7 Å². The molecule has 4 aromatic rings. The Morgan fingerprint density at radius 1 is 1.12 bits per heavy atom. The molecule has 0 bridgehead atoms. The Balaban J connectivity index is 1.62. The van der Waals surface area contributed by atoms with Gasteiger partial charge in [0.25, 0.3) is 10.6 Å². The number of hydrogen-bond donors (Lipinski definition) is 0. The normalized spacial score (nSPS) is 16.2. The molecule has 5 rings (SSSR count). The lowest BCUT2D eigenvalue weighted by Crippen LogP contribution is -2.39. The molecule has 1 aliphatic rings. The maximum atomic E-state index is 13.5. The van der Waals surface area contributed by atoms with Gasteiger partial charge in [-0.2, -0.15) is 4.57 Å². The zero-order valence-corrected chi connectivity index (χ0v) is 22.3. The van der Waals surface area contributed by atoms with Gasteiger partial charge < -0.3 is 4.90 Å². The summed E-state index contributed by atoms with van der Waals surface area (Å²) in [6.07, 6.45) is 5.32. The van der Waals surface area contributed by atoms with Gasteiger partial charge in [-0.25, -0.2) is 0 Å². The van der Waals surface area contributed by atoms with Crippen LogP contribution in [0.5, 0.6) is 0 Å². The molecule has 0 fully saturated rings. The van der Waals surface area contributed by atoms with E-state index in [1.54, 1.807) is 34.4 Å². The topological polar surface area (TPSA) is 29.1 Å². The summed E-state index contributed by atoms with van der Waals surface area (Å²) in [5.74, 6) is 0. The molecule has 1 atom stereocenters. The third-order valence-electron chi connectivity index (χ3n) is 6.34. The number of anilines is 1. The second-order valence-electron chi connectivity index (χ2n) is 8.32. The highest BCUT2D eigenvalue weighted by molar-refractivity contribution is 8.08. The van der Waals surface area contributed by atoms with Gasteiger partial charge in [0, 0.05) is 31.0 Å². The zero-order valence-electron chi connectivity index (χ0n) is 19.8. The van der Waals surface area contributed by atoms with Crippen LogP contribution in [-0.2, 0) is 13.0 Å². The van der Waals surface area contributed by atoms with E-state index in [9.17, 15) is 4.79 Å². The van der Waals surface area contributed by atoms with Gasteiger partial charge in [-0.15, -0.1) is 11.3 Å². The number of aromatic nitrogens is 2. The lowest BCUT2D eigenvalue weighted by molar-refractivity contribution is -0.707. The number of thioether (sulfide) groups is 1. The minimum absolute atomic E-state index is 0.0934. The Bertz CT molecular complexity index is 1510. The average Bonchev–Trinajstić information content (AvgIpc) is 3.54. The van der Waals surface area contributed by atoms with Crippen molar-refractivity contribution in [2.24, 2.45) is 0 Å². The summed E-state index contributed by atoms with van der Waals surface area (Å²) in [5.41, 5.74) is 3.85. The van der Waals surface area contributed by atoms with Crippen molar-refractivity contribution in [3.8, 4) is 0 Å². The number of thiazole rings is 2. The minimum Gasteiger partial charge on any atom is -0.337 e. The fourth-order valence-electron chi connectivity index (χ4n) is 4.31. The van der Waals surface area contributed by atoms with E-state index in [0.717, 1.165) is 25.7 Å².